The van der Waals surface area contributed by atoms with Crippen molar-refractivity contribution in [2.45, 2.75) is 44.4 Å². The molecule has 2 saturated heterocycles. The predicted octanol–water partition coefficient (Wildman–Crippen LogP) is 2.77. The van der Waals surface area contributed by atoms with Gasteiger partial charge in [0, 0.05) is 11.5 Å². The Bertz CT molecular complexity index is 840. The molecular weight excluding hydrogens is 376 g/mol. The lowest BCUT2D eigenvalue weighted by Crippen LogP contribution is -2.59. The van der Waals surface area contributed by atoms with E-state index in [0.29, 0.717) is 19.0 Å². The predicted molar refractivity (Wildman–Crippen MR) is 101 cm³/mol. The minimum absolute atomic E-state index is 0.238. The van der Waals surface area contributed by atoms with Crippen LogP contribution in [0.5, 0.6) is 11.5 Å². The number of rotatable bonds is 4. The quantitative estimate of drug-likeness (QED) is 0.846. The molecule has 2 fully saturated rings. The maximum absolute atomic E-state index is 10.9. The van der Waals surface area contributed by atoms with Crippen molar-refractivity contribution in [3.63, 3.8) is 0 Å². The summed E-state index contributed by atoms with van der Waals surface area (Å²) in [7, 11) is 0. The van der Waals surface area contributed by atoms with Crippen molar-refractivity contribution in [2.24, 2.45) is 5.92 Å². The second-order valence-electron chi connectivity index (χ2n) is 7.57. The summed E-state index contributed by atoms with van der Waals surface area (Å²) in [5.74, 6) is 1.20. The SMILES string of the molecule is C[C@H]1C(OCc2ccc3c(c2)OCO3)OC2COC(c3ccccc3)OC2[C@@H]1O. The number of benzene rings is 2. The van der Waals surface area contributed by atoms with E-state index in [-0.39, 0.29) is 18.8 Å². The molecule has 3 aliphatic heterocycles. The van der Waals surface area contributed by atoms with Crippen LogP contribution in [0.2, 0.25) is 0 Å². The van der Waals surface area contributed by atoms with E-state index in [2.05, 4.69) is 0 Å². The molecule has 6 atom stereocenters. The van der Waals surface area contributed by atoms with E-state index in [1.165, 1.54) is 0 Å². The third-order valence-corrected chi connectivity index (χ3v) is 5.60. The van der Waals surface area contributed by atoms with Crippen LogP contribution in [0.25, 0.3) is 0 Å². The van der Waals surface area contributed by atoms with Gasteiger partial charge in [0.1, 0.15) is 12.2 Å². The molecule has 0 spiro atoms. The molecule has 0 aromatic heterocycles. The maximum Gasteiger partial charge on any atom is 0.231 e. The van der Waals surface area contributed by atoms with Crippen molar-refractivity contribution in [3.8, 4) is 11.5 Å². The first kappa shape index (κ1) is 18.8. The third-order valence-electron chi connectivity index (χ3n) is 5.60. The van der Waals surface area contributed by atoms with Crippen LogP contribution in [-0.4, -0.2) is 43.1 Å². The Hall–Kier alpha value is -2.16. The molecule has 154 valence electrons. The Labute approximate surface area is 169 Å². The highest BCUT2D eigenvalue weighted by molar-refractivity contribution is 5.44. The summed E-state index contributed by atoms with van der Waals surface area (Å²) < 4.78 is 34.7. The van der Waals surface area contributed by atoms with Gasteiger partial charge < -0.3 is 33.5 Å². The molecule has 3 aliphatic rings. The first-order chi connectivity index (χ1) is 14.2. The van der Waals surface area contributed by atoms with Crippen LogP contribution < -0.4 is 9.47 Å². The van der Waals surface area contributed by atoms with E-state index < -0.39 is 24.8 Å². The first-order valence-electron chi connectivity index (χ1n) is 9.85. The van der Waals surface area contributed by atoms with Crippen LogP contribution in [0, 0.1) is 5.92 Å². The molecule has 0 saturated carbocycles. The van der Waals surface area contributed by atoms with Crippen LogP contribution in [0.1, 0.15) is 24.3 Å². The van der Waals surface area contributed by atoms with Gasteiger partial charge in [0.25, 0.3) is 0 Å². The van der Waals surface area contributed by atoms with Gasteiger partial charge in [0.2, 0.25) is 6.79 Å². The van der Waals surface area contributed by atoms with Crippen LogP contribution in [-0.2, 0) is 25.6 Å². The molecule has 3 heterocycles. The van der Waals surface area contributed by atoms with Crippen molar-refractivity contribution in [2.75, 3.05) is 13.4 Å². The third kappa shape index (κ3) is 3.72. The van der Waals surface area contributed by atoms with Gasteiger partial charge >= 0.3 is 0 Å². The standard InChI is InChI=1S/C22H24O7/c1-13-19(23)20-18(11-25-22(29-20)15-5-3-2-4-6-15)28-21(13)24-10-14-7-8-16-17(9-14)27-12-26-16/h2-9,13,18-23H,10-12H2,1H3/t13-,18?,19-,20?,21?,22?/m1/s1. The number of aliphatic hydroxyl groups is 1. The Morgan fingerprint density at radius 1 is 1.03 bits per heavy atom. The summed E-state index contributed by atoms with van der Waals surface area (Å²) >= 11 is 0. The molecule has 0 amide bonds. The highest BCUT2D eigenvalue weighted by atomic mass is 16.7. The average Bonchev–Trinajstić information content (AvgIpc) is 3.23. The lowest BCUT2D eigenvalue weighted by molar-refractivity contribution is -0.353. The fourth-order valence-electron chi connectivity index (χ4n) is 3.91. The van der Waals surface area contributed by atoms with Gasteiger partial charge in [-0.2, -0.15) is 0 Å². The molecule has 0 aliphatic carbocycles. The summed E-state index contributed by atoms with van der Waals surface area (Å²) in [5, 5.41) is 10.9. The zero-order chi connectivity index (χ0) is 19.8. The van der Waals surface area contributed by atoms with Crippen molar-refractivity contribution in [1.29, 1.82) is 0 Å². The molecule has 0 bridgehead atoms. The second-order valence-corrected chi connectivity index (χ2v) is 7.57. The van der Waals surface area contributed by atoms with Crippen molar-refractivity contribution < 1.29 is 33.5 Å². The number of hydrogen-bond donors (Lipinski definition) is 1. The minimum Gasteiger partial charge on any atom is -0.454 e. The van der Waals surface area contributed by atoms with Crippen LogP contribution in [0.15, 0.2) is 48.5 Å². The molecule has 4 unspecified atom stereocenters. The Kier molecular flexibility index (Phi) is 5.15. The van der Waals surface area contributed by atoms with Gasteiger partial charge in [-0.05, 0) is 17.7 Å². The molecule has 2 aromatic carbocycles. The van der Waals surface area contributed by atoms with Gasteiger partial charge in [-0.25, -0.2) is 0 Å². The largest absolute Gasteiger partial charge is 0.454 e. The Morgan fingerprint density at radius 3 is 2.72 bits per heavy atom. The summed E-state index contributed by atoms with van der Waals surface area (Å²) in [6.45, 7) is 2.81. The topological polar surface area (TPSA) is 75.6 Å². The smallest absolute Gasteiger partial charge is 0.231 e. The highest BCUT2D eigenvalue weighted by Crippen LogP contribution is 2.37. The molecular formula is C22H24O7. The molecule has 5 rings (SSSR count). The normalized spacial score (nSPS) is 33.3. The summed E-state index contributed by atoms with van der Waals surface area (Å²) in [5.41, 5.74) is 1.87. The van der Waals surface area contributed by atoms with Crippen LogP contribution >= 0.6 is 0 Å². The van der Waals surface area contributed by atoms with E-state index in [1.54, 1.807) is 0 Å². The van der Waals surface area contributed by atoms with Gasteiger partial charge in [-0.1, -0.05) is 43.3 Å². The van der Waals surface area contributed by atoms with Crippen LogP contribution in [0.4, 0.5) is 0 Å². The number of ether oxygens (including phenoxy) is 6. The van der Waals surface area contributed by atoms with Crippen molar-refractivity contribution in [1.82, 2.24) is 0 Å². The zero-order valence-corrected chi connectivity index (χ0v) is 16.1. The van der Waals surface area contributed by atoms with Crippen molar-refractivity contribution in [3.05, 3.63) is 59.7 Å². The van der Waals surface area contributed by atoms with Gasteiger partial charge in [0.05, 0.1) is 19.3 Å². The number of fused-ring (bicyclic) bond motifs is 2. The Balaban J connectivity index is 1.22. The first-order valence-corrected chi connectivity index (χ1v) is 9.85. The number of aliphatic hydroxyl groups excluding tert-OH is 1. The number of hydrogen-bond acceptors (Lipinski definition) is 7. The molecule has 29 heavy (non-hydrogen) atoms. The van der Waals surface area contributed by atoms with Gasteiger partial charge in [-0.3, -0.25) is 0 Å². The monoisotopic (exact) mass is 400 g/mol. The second kappa shape index (κ2) is 7.93. The lowest BCUT2D eigenvalue weighted by atomic mass is 9.91. The van der Waals surface area contributed by atoms with E-state index in [9.17, 15) is 5.11 Å². The minimum atomic E-state index is -0.717. The van der Waals surface area contributed by atoms with E-state index in [4.69, 9.17) is 28.4 Å². The fourth-order valence-corrected chi connectivity index (χ4v) is 3.91. The summed E-state index contributed by atoms with van der Waals surface area (Å²) in [4.78, 5) is 0. The van der Waals surface area contributed by atoms with Crippen LogP contribution in [0.3, 0.4) is 0 Å². The van der Waals surface area contributed by atoms with E-state index in [0.717, 1.165) is 16.9 Å². The highest BCUT2D eigenvalue weighted by Gasteiger charge is 2.48. The lowest BCUT2D eigenvalue weighted by Gasteiger charge is -2.47. The summed E-state index contributed by atoms with van der Waals surface area (Å²) in [6, 6.07) is 15.4. The molecule has 1 N–H and O–H groups in total. The molecule has 7 heteroatoms. The molecule has 7 nitrogen and oxygen atoms in total. The average molecular weight is 400 g/mol. The van der Waals surface area contributed by atoms with E-state index in [1.807, 2.05) is 55.5 Å². The maximum atomic E-state index is 10.9. The van der Waals surface area contributed by atoms with Crippen molar-refractivity contribution >= 4 is 0 Å². The van der Waals surface area contributed by atoms with Gasteiger partial charge in [0.15, 0.2) is 24.1 Å². The van der Waals surface area contributed by atoms with Gasteiger partial charge in [-0.15, -0.1) is 0 Å². The summed E-state index contributed by atoms with van der Waals surface area (Å²) in [6.07, 6.45) is -2.63. The van der Waals surface area contributed by atoms with E-state index >= 15 is 0 Å². The zero-order valence-electron chi connectivity index (χ0n) is 16.1. The Morgan fingerprint density at radius 2 is 1.86 bits per heavy atom. The molecule has 0 radical (unpaired) electrons. The fraction of sp³-hybridized carbons (Fsp3) is 0.455. The molecule has 2 aromatic rings.